The van der Waals surface area contributed by atoms with Crippen LogP contribution in [0.4, 0.5) is 10.8 Å². The summed E-state index contributed by atoms with van der Waals surface area (Å²) in [7, 11) is -2.18. The molecular formula is C21H17N5O7S2. The number of aromatic nitrogens is 2. The van der Waals surface area contributed by atoms with Crippen molar-refractivity contribution in [3.05, 3.63) is 69.3 Å². The van der Waals surface area contributed by atoms with Crippen LogP contribution in [0.3, 0.4) is 0 Å². The summed E-state index contributed by atoms with van der Waals surface area (Å²) >= 11 is 0.659. The first-order chi connectivity index (χ1) is 16.6. The van der Waals surface area contributed by atoms with Crippen LogP contribution in [0, 0.1) is 21.4 Å². The van der Waals surface area contributed by atoms with Gasteiger partial charge in [-0.15, -0.1) is 10.2 Å². The van der Waals surface area contributed by atoms with Gasteiger partial charge in [-0.25, -0.2) is 8.42 Å². The molecule has 1 heterocycles. The molecule has 0 saturated heterocycles. The fourth-order valence-electron chi connectivity index (χ4n) is 2.75. The molecule has 0 aliphatic rings. The van der Waals surface area contributed by atoms with Crippen molar-refractivity contribution < 1.29 is 27.6 Å². The molecule has 0 bridgehead atoms. The molecule has 0 unspecified atom stereocenters. The van der Waals surface area contributed by atoms with E-state index in [4.69, 9.17) is 9.47 Å². The molecule has 0 aliphatic heterocycles. The highest BCUT2D eigenvalue weighted by Gasteiger charge is 2.18. The smallest absolute Gasteiger partial charge is 0.276 e. The lowest BCUT2D eigenvalue weighted by molar-refractivity contribution is -0.385. The minimum Gasteiger partial charge on any atom is -0.493 e. The van der Waals surface area contributed by atoms with Gasteiger partial charge in [-0.3, -0.25) is 20.2 Å². The van der Waals surface area contributed by atoms with E-state index >= 15 is 0 Å². The van der Waals surface area contributed by atoms with Crippen molar-refractivity contribution in [2.75, 3.05) is 18.7 Å². The second-order valence-electron chi connectivity index (χ2n) is 6.85. The predicted molar refractivity (Wildman–Crippen MR) is 126 cm³/mol. The first-order valence-corrected chi connectivity index (χ1v) is 12.3. The van der Waals surface area contributed by atoms with Gasteiger partial charge in [0.25, 0.3) is 11.6 Å². The van der Waals surface area contributed by atoms with E-state index in [9.17, 15) is 28.6 Å². The van der Waals surface area contributed by atoms with Crippen molar-refractivity contribution in [1.29, 1.82) is 5.26 Å². The van der Waals surface area contributed by atoms with E-state index in [1.807, 2.05) is 0 Å². The number of carbonyl (C=O) groups excluding carboxylic acids is 1. The summed E-state index contributed by atoms with van der Waals surface area (Å²) < 4.78 is 33.7. The Morgan fingerprint density at radius 1 is 1.26 bits per heavy atom. The van der Waals surface area contributed by atoms with Gasteiger partial charge in [0, 0.05) is 12.3 Å². The average Bonchev–Trinajstić information content (AvgIpc) is 3.30. The van der Waals surface area contributed by atoms with Crippen LogP contribution in [0.2, 0.25) is 0 Å². The number of benzene rings is 2. The number of amides is 1. The lowest BCUT2D eigenvalue weighted by Crippen LogP contribution is -2.13. The number of sulfone groups is 1. The van der Waals surface area contributed by atoms with Gasteiger partial charge in [-0.1, -0.05) is 29.5 Å². The number of carbonyl (C=O) groups is 1. The van der Waals surface area contributed by atoms with E-state index in [0.717, 1.165) is 6.26 Å². The number of hydrogen-bond acceptors (Lipinski definition) is 11. The van der Waals surface area contributed by atoms with Gasteiger partial charge in [-0.2, -0.15) is 5.26 Å². The number of ether oxygens (including phenoxy) is 2. The van der Waals surface area contributed by atoms with Gasteiger partial charge in [0.15, 0.2) is 11.5 Å². The van der Waals surface area contributed by atoms with Crippen molar-refractivity contribution in [2.45, 2.75) is 10.9 Å². The van der Waals surface area contributed by atoms with Crippen molar-refractivity contribution in [3.8, 4) is 17.6 Å². The number of hydrogen-bond donors (Lipinski definition) is 1. The van der Waals surface area contributed by atoms with Crippen LogP contribution >= 0.6 is 11.3 Å². The second kappa shape index (κ2) is 10.7. The molecule has 3 rings (SSSR count). The predicted octanol–water partition coefficient (Wildman–Crippen LogP) is 2.98. The topological polar surface area (TPSA) is 174 Å². The monoisotopic (exact) mass is 515 g/mol. The number of nitrogens with zero attached hydrogens (tertiary/aromatic N) is 4. The highest BCUT2D eigenvalue weighted by Crippen LogP contribution is 2.31. The molecule has 0 radical (unpaired) electrons. The summed E-state index contributed by atoms with van der Waals surface area (Å²) in [6.07, 6.45) is 2.25. The Morgan fingerprint density at radius 3 is 2.63 bits per heavy atom. The molecule has 1 aromatic heterocycles. The Bertz CT molecular complexity index is 1460. The summed E-state index contributed by atoms with van der Waals surface area (Å²) in [5, 5.41) is 29.9. The SMILES string of the molecule is COc1cc(/C=C(/C#N)C(=O)Nc2nnc(S(C)(=O)=O)s2)ccc1OCc1ccccc1[N+](=O)[O-]. The lowest BCUT2D eigenvalue weighted by atomic mass is 10.1. The van der Waals surface area contributed by atoms with E-state index < -0.39 is 20.7 Å². The standard InChI is InChI=1S/C21H17N5O7S2/c1-32-18-10-13(7-8-17(18)33-12-14-5-3-4-6-16(14)26(28)29)9-15(11-22)19(27)23-20-24-25-21(34-20)35(2,30)31/h3-10H,12H2,1-2H3,(H,23,24,27)/b15-9-. The summed E-state index contributed by atoms with van der Waals surface area (Å²) in [6, 6.07) is 12.6. The summed E-state index contributed by atoms with van der Waals surface area (Å²) in [6.45, 7) is -0.0775. The maximum absolute atomic E-state index is 12.5. The van der Waals surface area contributed by atoms with Crippen LogP contribution < -0.4 is 14.8 Å². The molecule has 1 N–H and O–H groups in total. The first kappa shape index (κ1) is 25.3. The van der Waals surface area contributed by atoms with Crippen molar-refractivity contribution in [1.82, 2.24) is 10.2 Å². The number of anilines is 1. The third kappa shape index (κ3) is 6.37. The normalized spacial score (nSPS) is 11.4. The number of nitrogens with one attached hydrogen (secondary N) is 1. The Balaban J connectivity index is 1.77. The largest absolute Gasteiger partial charge is 0.493 e. The van der Waals surface area contributed by atoms with Gasteiger partial charge in [0.2, 0.25) is 19.3 Å². The third-order valence-electron chi connectivity index (χ3n) is 4.38. The Hall–Kier alpha value is -4.35. The van der Waals surface area contributed by atoms with E-state index in [1.165, 1.54) is 31.4 Å². The van der Waals surface area contributed by atoms with Gasteiger partial charge in [-0.05, 0) is 29.8 Å². The zero-order chi connectivity index (χ0) is 25.6. The summed E-state index contributed by atoms with van der Waals surface area (Å²) in [5.41, 5.74) is 0.454. The number of methoxy groups -OCH3 is 1. The number of nitro groups is 1. The molecule has 0 saturated carbocycles. The van der Waals surface area contributed by atoms with Crippen LogP contribution in [0.15, 0.2) is 52.4 Å². The summed E-state index contributed by atoms with van der Waals surface area (Å²) in [4.78, 5) is 23.1. The molecule has 0 fully saturated rings. The number of nitriles is 1. The maximum Gasteiger partial charge on any atom is 0.276 e. The minimum absolute atomic E-state index is 0.0743. The van der Waals surface area contributed by atoms with Gasteiger partial charge < -0.3 is 9.47 Å². The lowest BCUT2D eigenvalue weighted by Gasteiger charge is -2.12. The van der Waals surface area contributed by atoms with Crippen LogP contribution in [-0.2, 0) is 21.2 Å². The molecule has 3 aromatic rings. The number of rotatable bonds is 9. The number of para-hydroxylation sites is 1. The Labute approximate surface area is 203 Å². The third-order valence-corrected chi connectivity index (χ3v) is 6.89. The zero-order valence-electron chi connectivity index (χ0n) is 18.3. The van der Waals surface area contributed by atoms with Gasteiger partial charge in [0.05, 0.1) is 17.6 Å². The molecule has 14 heteroatoms. The van der Waals surface area contributed by atoms with Crippen molar-refractivity contribution >= 4 is 44.0 Å². The molecule has 0 atom stereocenters. The molecule has 2 aromatic carbocycles. The molecular weight excluding hydrogens is 498 g/mol. The highest BCUT2D eigenvalue weighted by atomic mass is 32.2. The Kier molecular flexibility index (Phi) is 7.74. The fourth-order valence-corrected chi connectivity index (χ4v) is 4.25. The maximum atomic E-state index is 12.5. The van der Waals surface area contributed by atoms with Gasteiger partial charge >= 0.3 is 0 Å². The van der Waals surface area contributed by atoms with Gasteiger partial charge in [0.1, 0.15) is 18.2 Å². The minimum atomic E-state index is -3.58. The molecule has 0 spiro atoms. The van der Waals surface area contributed by atoms with E-state index in [0.29, 0.717) is 28.2 Å². The molecule has 1 amide bonds. The van der Waals surface area contributed by atoms with Crippen molar-refractivity contribution in [2.24, 2.45) is 0 Å². The highest BCUT2D eigenvalue weighted by molar-refractivity contribution is 7.92. The van der Waals surface area contributed by atoms with E-state index in [-0.39, 0.29) is 33.1 Å². The first-order valence-electron chi connectivity index (χ1n) is 9.62. The van der Waals surface area contributed by atoms with E-state index in [1.54, 1.807) is 30.3 Å². The number of nitro benzene ring substituents is 1. The quantitative estimate of drug-likeness (QED) is 0.147. The molecule has 0 aliphatic carbocycles. The average molecular weight is 516 g/mol. The van der Waals surface area contributed by atoms with E-state index in [2.05, 4.69) is 15.5 Å². The molecule has 180 valence electrons. The zero-order valence-corrected chi connectivity index (χ0v) is 19.9. The second-order valence-corrected chi connectivity index (χ2v) is 10.0. The Morgan fingerprint density at radius 2 is 2.00 bits per heavy atom. The van der Waals surface area contributed by atoms with Crippen molar-refractivity contribution in [3.63, 3.8) is 0 Å². The fraction of sp³-hybridized carbons (Fsp3) is 0.143. The van der Waals surface area contributed by atoms with Crippen LogP contribution in [-0.4, -0.2) is 42.8 Å². The van der Waals surface area contributed by atoms with Crippen LogP contribution in [0.25, 0.3) is 6.08 Å². The molecule has 35 heavy (non-hydrogen) atoms. The van der Waals surface area contributed by atoms with Crippen LogP contribution in [0.1, 0.15) is 11.1 Å². The molecule has 12 nitrogen and oxygen atoms in total. The summed E-state index contributed by atoms with van der Waals surface area (Å²) in [5.74, 6) is -0.232. The van der Waals surface area contributed by atoms with Crippen LogP contribution in [0.5, 0.6) is 11.5 Å².